The summed E-state index contributed by atoms with van der Waals surface area (Å²) in [5, 5.41) is 5.83. The molecule has 9 heteroatoms. The Kier molecular flexibility index (Phi) is 7.43. The van der Waals surface area contributed by atoms with Gasteiger partial charge in [-0.3, -0.25) is 4.79 Å². The summed E-state index contributed by atoms with van der Waals surface area (Å²) in [5.74, 6) is 0.440. The first kappa shape index (κ1) is 22.8. The smallest absolute Gasteiger partial charge is 0.497 e. The molecule has 0 fully saturated rings. The van der Waals surface area contributed by atoms with Crippen LogP contribution < -0.4 is 24.8 Å². The van der Waals surface area contributed by atoms with Crippen LogP contribution in [0.3, 0.4) is 0 Å². The summed E-state index contributed by atoms with van der Waals surface area (Å²) in [6.07, 6.45) is -4.77. The predicted molar refractivity (Wildman–Crippen MR) is 114 cm³/mol. The van der Waals surface area contributed by atoms with Crippen molar-refractivity contribution in [3.05, 3.63) is 78.4 Å². The van der Waals surface area contributed by atoms with Crippen molar-refractivity contribution in [1.82, 2.24) is 0 Å². The van der Waals surface area contributed by atoms with Gasteiger partial charge in [0, 0.05) is 29.5 Å². The van der Waals surface area contributed by atoms with Crippen LogP contribution in [0.2, 0.25) is 0 Å². The van der Waals surface area contributed by atoms with Crippen molar-refractivity contribution in [2.24, 2.45) is 0 Å². The van der Waals surface area contributed by atoms with Gasteiger partial charge in [-0.1, -0.05) is 24.3 Å². The minimum Gasteiger partial charge on any atom is -0.497 e. The number of hydrogen-bond acceptors (Lipinski definition) is 5. The molecule has 0 spiro atoms. The van der Waals surface area contributed by atoms with Crippen molar-refractivity contribution in [2.45, 2.75) is 12.9 Å². The fraction of sp³-hybridized carbons (Fsp3) is 0.174. The van der Waals surface area contributed by atoms with E-state index in [1.165, 1.54) is 12.1 Å². The van der Waals surface area contributed by atoms with Crippen LogP contribution in [0.25, 0.3) is 0 Å². The highest BCUT2D eigenvalue weighted by molar-refractivity contribution is 5.91. The minimum atomic E-state index is -4.77. The molecule has 168 valence electrons. The maximum Gasteiger partial charge on any atom is 0.573 e. The molecule has 6 nitrogen and oxygen atoms in total. The van der Waals surface area contributed by atoms with E-state index in [1.807, 2.05) is 36.4 Å². The van der Waals surface area contributed by atoms with Gasteiger partial charge in [0.05, 0.1) is 7.11 Å². The Morgan fingerprint density at radius 2 is 1.66 bits per heavy atom. The topological polar surface area (TPSA) is 68.8 Å². The molecule has 0 bridgehead atoms. The lowest BCUT2D eigenvalue weighted by molar-refractivity contribution is -0.274. The number of ether oxygens (including phenoxy) is 3. The summed E-state index contributed by atoms with van der Waals surface area (Å²) in [5.41, 5.74) is 2.03. The lowest BCUT2D eigenvalue weighted by Crippen LogP contribution is -2.21. The molecule has 0 aliphatic carbocycles. The van der Waals surface area contributed by atoms with Gasteiger partial charge in [-0.25, -0.2) is 0 Å². The first-order valence-corrected chi connectivity index (χ1v) is 9.57. The molecule has 0 aromatic heterocycles. The zero-order valence-corrected chi connectivity index (χ0v) is 17.1. The standard InChI is InChI=1S/C23H21F3N2O4/c1-30-20-7-4-6-18(13-20)27-14-16-5-2-3-8-21(16)31-15-22(29)28-17-9-11-19(12-10-17)32-23(24,25)26/h2-13,27H,14-15H2,1H3,(H,28,29). The average molecular weight is 446 g/mol. The minimum absolute atomic E-state index is 0.267. The maximum atomic E-state index is 12.2. The molecule has 1 amide bonds. The fourth-order valence-corrected chi connectivity index (χ4v) is 2.80. The van der Waals surface area contributed by atoms with Crippen molar-refractivity contribution < 1.29 is 32.2 Å². The van der Waals surface area contributed by atoms with Crippen molar-refractivity contribution in [2.75, 3.05) is 24.4 Å². The van der Waals surface area contributed by atoms with Crippen LogP contribution in [-0.4, -0.2) is 26.0 Å². The number of rotatable bonds is 9. The summed E-state index contributed by atoms with van der Waals surface area (Å²) in [6, 6.07) is 19.6. The highest BCUT2D eigenvalue weighted by Crippen LogP contribution is 2.24. The molecule has 0 aliphatic rings. The van der Waals surface area contributed by atoms with E-state index in [4.69, 9.17) is 9.47 Å². The molecule has 0 saturated heterocycles. The van der Waals surface area contributed by atoms with E-state index in [0.717, 1.165) is 29.1 Å². The Balaban J connectivity index is 1.53. The SMILES string of the molecule is COc1cccc(NCc2ccccc2OCC(=O)Nc2ccc(OC(F)(F)F)cc2)c1. The number of amides is 1. The molecule has 3 aromatic carbocycles. The summed E-state index contributed by atoms with van der Waals surface area (Å²) >= 11 is 0. The quantitative estimate of drug-likeness (QED) is 0.472. The zero-order valence-electron chi connectivity index (χ0n) is 17.1. The summed E-state index contributed by atoms with van der Waals surface area (Å²) in [7, 11) is 1.60. The van der Waals surface area contributed by atoms with Crippen molar-refractivity contribution in [3.63, 3.8) is 0 Å². The highest BCUT2D eigenvalue weighted by Gasteiger charge is 2.30. The number of carbonyl (C=O) groups is 1. The van der Waals surface area contributed by atoms with Gasteiger partial charge in [0.2, 0.25) is 0 Å². The molecule has 0 heterocycles. The maximum absolute atomic E-state index is 12.2. The molecular formula is C23H21F3N2O4. The predicted octanol–water partition coefficient (Wildman–Crippen LogP) is 5.22. The van der Waals surface area contributed by atoms with Crippen LogP contribution in [0.4, 0.5) is 24.5 Å². The lowest BCUT2D eigenvalue weighted by atomic mass is 10.2. The molecule has 0 atom stereocenters. The molecule has 0 aliphatic heterocycles. The molecule has 3 aromatic rings. The Hall–Kier alpha value is -3.88. The second-order valence-electron chi connectivity index (χ2n) is 6.60. The normalized spacial score (nSPS) is 10.9. The molecule has 0 unspecified atom stereocenters. The Morgan fingerprint density at radius 1 is 0.906 bits per heavy atom. The van der Waals surface area contributed by atoms with Crippen molar-refractivity contribution >= 4 is 17.3 Å². The Morgan fingerprint density at radius 3 is 2.38 bits per heavy atom. The number of hydrogen-bond donors (Lipinski definition) is 2. The lowest BCUT2D eigenvalue weighted by Gasteiger charge is -2.13. The molecule has 0 saturated carbocycles. The molecule has 3 rings (SSSR count). The van der Waals surface area contributed by atoms with E-state index in [9.17, 15) is 18.0 Å². The van der Waals surface area contributed by atoms with Gasteiger partial charge in [-0.15, -0.1) is 13.2 Å². The van der Waals surface area contributed by atoms with Gasteiger partial charge < -0.3 is 24.8 Å². The van der Waals surface area contributed by atoms with E-state index in [-0.39, 0.29) is 12.4 Å². The van der Waals surface area contributed by atoms with Crippen LogP contribution >= 0.6 is 0 Å². The van der Waals surface area contributed by atoms with Gasteiger partial charge in [0.25, 0.3) is 5.91 Å². The molecular weight excluding hydrogens is 425 g/mol. The monoisotopic (exact) mass is 446 g/mol. The number of anilines is 2. The zero-order chi connectivity index (χ0) is 23.0. The molecule has 32 heavy (non-hydrogen) atoms. The van der Waals surface area contributed by atoms with Gasteiger partial charge in [0.15, 0.2) is 6.61 Å². The number of para-hydroxylation sites is 1. The molecule has 2 N–H and O–H groups in total. The Labute approximate surface area is 182 Å². The van der Waals surface area contributed by atoms with E-state index < -0.39 is 12.3 Å². The molecule has 0 radical (unpaired) electrons. The van der Waals surface area contributed by atoms with Gasteiger partial charge >= 0.3 is 6.36 Å². The van der Waals surface area contributed by atoms with E-state index in [2.05, 4.69) is 15.4 Å². The second-order valence-corrected chi connectivity index (χ2v) is 6.60. The van der Waals surface area contributed by atoms with Crippen LogP contribution in [0, 0.1) is 0 Å². The van der Waals surface area contributed by atoms with Crippen LogP contribution in [0.5, 0.6) is 17.2 Å². The Bertz CT molecular complexity index is 1040. The van der Waals surface area contributed by atoms with Gasteiger partial charge in [-0.05, 0) is 42.5 Å². The highest BCUT2D eigenvalue weighted by atomic mass is 19.4. The summed E-state index contributed by atoms with van der Waals surface area (Å²) < 4.78 is 51.3. The first-order valence-electron chi connectivity index (χ1n) is 9.57. The third kappa shape index (κ3) is 7.12. The third-order valence-electron chi connectivity index (χ3n) is 4.26. The van der Waals surface area contributed by atoms with Gasteiger partial charge in [-0.2, -0.15) is 0 Å². The fourth-order valence-electron chi connectivity index (χ4n) is 2.80. The largest absolute Gasteiger partial charge is 0.573 e. The van der Waals surface area contributed by atoms with Crippen LogP contribution in [0.15, 0.2) is 72.8 Å². The summed E-state index contributed by atoms with van der Waals surface area (Å²) in [6.45, 7) is 0.197. The van der Waals surface area contributed by atoms with Crippen molar-refractivity contribution in [1.29, 1.82) is 0 Å². The number of carbonyl (C=O) groups excluding carboxylic acids is 1. The van der Waals surface area contributed by atoms with Crippen LogP contribution in [0.1, 0.15) is 5.56 Å². The number of benzene rings is 3. The number of alkyl halides is 3. The van der Waals surface area contributed by atoms with E-state index >= 15 is 0 Å². The number of halogens is 3. The van der Waals surface area contributed by atoms with Crippen molar-refractivity contribution in [3.8, 4) is 17.2 Å². The van der Waals surface area contributed by atoms with Gasteiger partial charge in [0.1, 0.15) is 17.2 Å². The number of nitrogens with one attached hydrogen (secondary N) is 2. The number of methoxy groups -OCH3 is 1. The second kappa shape index (κ2) is 10.4. The van der Waals surface area contributed by atoms with E-state index in [1.54, 1.807) is 19.2 Å². The van der Waals surface area contributed by atoms with E-state index in [0.29, 0.717) is 18.0 Å². The van der Waals surface area contributed by atoms with Crippen LogP contribution in [-0.2, 0) is 11.3 Å². The average Bonchev–Trinajstić information content (AvgIpc) is 2.77. The first-order chi connectivity index (χ1) is 15.3. The third-order valence-corrected chi connectivity index (χ3v) is 4.26. The summed E-state index contributed by atoms with van der Waals surface area (Å²) in [4.78, 5) is 12.2.